The maximum atomic E-state index is 8.61. The van der Waals surface area contributed by atoms with Crippen LogP contribution in [0.25, 0.3) is 0 Å². The standard InChI is InChI=1S/C14H20N2O3/c1-9(13(15)16-17)8-18-11-6-4-5-10-7-14(2,3)19-12(10)11/h4-6,9,17H,7-8H2,1-3H3,(H2,15,16). The molecule has 0 saturated heterocycles. The lowest BCUT2D eigenvalue weighted by Gasteiger charge is -2.19. The monoisotopic (exact) mass is 264 g/mol. The van der Waals surface area contributed by atoms with Gasteiger partial charge in [0.2, 0.25) is 0 Å². The number of oxime groups is 1. The van der Waals surface area contributed by atoms with Crippen molar-refractivity contribution in [2.24, 2.45) is 16.8 Å². The third-order valence-electron chi connectivity index (χ3n) is 3.16. The van der Waals surface area contributed by atoms with Crippen LogP contribution in [-0.2, 0) is 6.42 Å². The van der Waals surface area contributed by atoms with E-state index in [9.17, 15) is 0 Å². The lowest BCUT2D eigenvalue weighted by molar-refractivity contribution is 0.131. The molecule has 19 heavy (non-hydrogen) atoms. The molecule has 1 heterocycles. The van der Waals surface area contributed by atoms with Crippen molar-refractivity contribution in [1.82, 2.24) is 0 Å². The van der Waals surface area contributed by atoms with Crippen LogP contribution in [0.15, 0.2) is 23.4 Å². The molecule has 0 fully saturated rings. The van der Waals surface area contributed by atoms with Gasteiger partial charge >= 0.3 is 0 Å². The van der Waals surface area contributed by atoms with E-state index < -0.39 is 0 Å². The highest BCUT2D eigenvalue weighted by Gasteiger charge is 2.32. The van der Waals surface area contributed by atoms with Crippen LogP contribution in [0, 0.1) is 5.92 Å². The lowest BCUT2D eigenvalue weighted by atomic mass is 10.0. The number of rotatable bonds is 4. The first-order valence-corrected chi connectivity index (χ1v) is 6.34. The molecule has 0 aliphatic carbocycles. The number of hydrogen-bond donors (Lipinski definition) is 2. The Kier molecular flexibility index (Phi) is 3.55. The van der Waals surface area contributed by atoms with Crippen LogP contribution in [0.5, 0.6) is 11.5 Å². The second-order valence-corrected chi connectivity index (χ2v) is 5.52. The molecule has 3 N–H and O–H groups in total. The minimum atomic E-state index is -0.195. The minimum absolute atomic E-state index is 0.157. The fourth-order valence-electron chi connectivity index (χ4n) is 2.10. The topological polar surface area (TPSA) is 77.1 Å². The summed E-state index contributed by atoms with van der Waals surface area (Å²) < 4.78 is 11.6. The Morgan fingerprint density at radius 3 is 3.00 bits per heavy atom. The predicted molar refractivity (Wildman–Crippen MR) is 72.9 cm³/mol. The lowest BCUT2D eigenvalue weighted by Crippen LogP contribution is -2.26. The van der Waals surface area contributed by atoms with Crippen LogP contribution in [0.3, 0.4) is 0 Å². The fourth-order valence-corrected chi connectivity index (χ4v) is 2.10. The number of fused-ring (bicyclic) bond motifs is 1. The van der Waals surface area contributed by atoms with Gasteiger partial charge in [-0.05, 0) is 19.9 Å². The van der Waals surface area contributed by atoms with Gasteiger partial charge in [-0.25, -0.2) is 0 Å². The smallest absolute Gasteiger partial charge is 0.165 e. The second kappa shape index (κ2) is 4.99. The predicted octanol–water partition coefficient (Wildman–Crippen LogP) is 2.16. The Labute approximate surface area is 113 Å². The summed E-state index contributed by atoms with van der Waals surface area (Å²) in [7, 11) is 0. The minimum Gasteiger partial charge on any atom is -0.489 e. The van der Waals surface area contributed by atoms with Crippen molar-refractivity contribution in [3.8, 4) is 11.5 Å². The number of benzene rings is 1. The van der Waals surface area contributed by atoms with Crippen LogP contribution in [0.1, 0.15) is 26.3 Å². The van der Waals surface area contributed by atoms with Crippen molar-refractivity contribution in [3.05, 3.63) is 23.8 Å². The van der Waals surface area contributed by atoms with Gasteiger partial charge in [0.25, 0.3) is 0 Å². The highest BCUT2D eigenvalue weighted by atomic mass is 16.5. The normalized spacial score (nSPS) is 18.6. The Bertz CT molecular complexity index is 497. The summed E-state index contributed by atoms with van der Waals surface area (Å²) in [6, 6.07) is 5.87. The number of hydrogen-bond acceptors (Lipinski definition) is 4. The van der Waals surface area contributed by atoms with E-state index in [1.807, 2.05) is 25.1 Å². The summed E-state index contributed by atoms with van der Waals surface area (Å²) in [6.07, 6.45) is 0.870. The van der Waals surface area contributed by atoms with Crippen molar-refractivity contribution in [3.63, 3.8) is 0 Å². The first-order chi connectivity index (χ1) is 8.93. The van der Waals surface area contributed by atoms with Crippen LogP contribution < -0.4 is 15.2 Å². The van der Waals surface area contributed by atoms with E-state index in [4.69, 9.17) is 20.4 Å². The molecule has 0 bridgehead atoms. The molecule has 1 atom stereocenters. The van der Waals surface area contributed by atoms with E-state index in [0.29, 0.717) is 12.4 Å². The number of nitrogens with two attached hydrogens (primary N) is 1. The summed E-state index contributed by atoms with van der Waals surface area (Å²) in [6.45, 7) is 6.28. The summed E-state index contributed by atoms with van der Waals surface area (Å²) in [5.41, 5.74) is 6.48. The number of ether oxygens (including phenoxy) is 2. The summed E-state index contributed by atoms with van der Waals surface area (Å²) in [5.74, 6) is 1.52. The molecule has 1 aliphatic heterocycles. The molecular formula is C14H20N2O3. The van der Waals surface area contributed by atoms with Gasteiger partial charge in [0.15, 0.2) is 11.5 Å². The third kappa shape index (κ3) is 2.92. The van der Waals surface area contributed by atoms with Gasteiger partial charge < -0.3 is 20.4 Å². The average Bonchev–Trinajstić information content (AvgIpc) is 2.69. The molecule has 5 nitrogen and oxygen atoms in total. The van der Waals surface area contributed by atoms with Gasteiger partial charge in [0, 0.05) is 12.0 Å². The first kappa shape index (κ1) is 13.5. The zero-order chi connectivity index (χ0) is 14.0. The molecule has 0 spiro atoms. The number of amidine groups is 1. The van der Waals surface area contributed by atoms with Crippen LogP contribution in [0.4, 0.5) is 0 Å². The SMILES string of the molecule is CC(COc1cccc2c1OC(C)(C)C2)/C(N)=N/O. The molecule has 1 unspecified atom stereocenters. The number of para-hydroxylation sites is 1. The largest absolute Gasteiger partial charge is 0.489 e. The van der Waals surface area contributed by atoms with Crippen molar-refractivity contribution in [1.29, 1.82) is 0 Å². The van der Waals surface area contributed by atoms with Gasteiger partial charge in [-0.2, -0.15) is 0 Å². The average molecular weight is 264 g/mol. The van der Waals surface area contributed by atoms with Crippen LogP contribution in [-0.4, -0.2) is 23.3 Å². The van der Waals surface area contributed by atoms with Crippen molar-refractivity contribution in [2.45, 2.75) is 32.8 Å². The van der Waals surface area contributed by atoms with E-state index in [1.54, 1.807) is 0 Å². The second-order valence-electron chi connectivity index (χ2n) is 5.52. The van der Waals surface area contributed by atoms with E-state index in [2.05, 4.69) is 19.0 Å². The highest BCUT2D eigenvalue weighted by Crippen LogP contribution is 2.41. The Hall–Kier alpha value is -1.91. The molecule has 1 aromatic carbocycles. The molecule has 5 heteroatoms. The highest BCUT2D eigenvalue weighted by molar-refractivity contribution is 5.81. The van der Waals surface area contributed by atoms with E-state index in [1.165, 1.54) is 0 Å². The maximum Gasteiger partial charge on any atom is 0.165 e. The van der Waals surface area contributed by atoms with Crippen molar-refractivity contribution >= 4 is 5.84 Å². The third-order valence-corrected chi connectivity index (χ3v) is 3.16. The first-order valence-electron chi connectivity index (χ1n) is 6.34. The van der Waals surface area contributed by atoms with E-state index in [0.717, 1.165) is 17.7 Å². The van der Waals surface area contributed by atoms with Gasteiger partial charge in [-0.3, -0.25) is 0 Å². The molecular weight excluding hydrogens is 244 g/mol. The molecule has 0 radical (unpaired) electrons. The molecule has 2 rings (SSSR count). The van der Waals surface area contributed by atoms with Crippen LogP contribution >= 0.6 is 0 Å². The molecule has 1 aliphatic rings. The van der Waals surface area contributed by atoms with E-state index >= 15 is 0 Å². The Balaban J connectivity index is 2.10. The van der Waals surface area contributed by atoms with Gasteiger partial charge in [0.1, 0.15) is 11.4 Å². The van der Waals surface area contributed by atoms with Crippen LogP contribution in [0.2, 0.25) is 0 Å². The maximum absolute atomic E-state index is 8.61. The van der Waals surface area contributed by atoms with Gasteiger partial charge in [0.05, 0.1) is 12.5 Å². The molecule has 0 amide bonds. The Morgan fingerprint density at radius 1 is 1.58 bits per heavy atom. The fraction of sp³-hybridized carbons (Fsp3) is 0.500. The van der Waals surface area contributed by atoms with Crippen molar-refractivity contribution < 1.29 is 14.7 Å². The summed E-state index contributed by atoms with van der Waals surface area (Å²) >= 11 is 0. The molecule has 0 saturated carbocycles. The number of nitrogens with zero attached hydrogens (tertiary/aromatic N) is 1. The molecule has 0 aromatic heterocycles. The zero-order valence-corrected chi connectivity index (χ0v) is 11.5. The van der Waals surface area contributed by atoms with E-state index in [-0.39, 0.29) is 17.4 Å². The van der Waals surface area contributed by atoms with Gasteiger partial charge in [-0.15, -0.1) is 0 Å². The van der Waals surface area contributed by atoms with Gasteiger partial charge in [-0.1, -0.05) is 24.2 Å². The molecule has 1 aromatic rings. The summed E-state index contributed by atoms with van der Waals surface area (Å²) in [4.78, 5) is 0. The summed E-state index contributed by atoms with van der Waals surface area (Å²) in [5, 5.41) is 11.6. The quantitative estimate of drug-likeness (QED) is 0.378. The molecule has 104 valence electrons. The Morgan fingerprint density at radius 2 is 2.32 bits per heavy atom. The zero-order valence-electron chi connectivity index (χ0n) is 11.5. The van der Waals surface area contributed by atoms with Crippen molar-refractivity contribution in [2.75, 3.05) is 6.61 Å².